The fourth-order valence-electron chi connectivity index (χ4n) is 4.09. The predicted molar refractivity (Wildman–Crippen MR) is 86.7 cm³/mol. The molecule has 1 saturated carbocycles. The van der Waals surface area contributed by atoms with Gasteiger partial charge in [0.2, 0.25) is 0 Å². The van der Waals surface area contributed by atoms with E-state index in [0.29, 0.717) is 25.0 Å². The van der Waals surface area contributed by atoms with Gasteiger partial charge in [-0.2, -0.15) is 0 Å². The van der Waals surface area contributed by atoms with Gasteiger partial charge >= 0.3 is 0 Å². The molecular formula is C20H18O2. The van der Waals surface area contributed by atoms with Crippen molar-refractivity contribution in [2.45, 2.75) is 32.1 Å². The van der Waals surface area contributed by atoms with Gasteiger partial charge in [0.25, 0.3) is 0 Å². The first-order valence-corrected chi connectivity index (χ1v) is 7.93. The average Bonchev–Trinajstić information content (AvgIpc) is 2.85. The maximum absolute atomic E-state index is 12.6. The van der Waals surface area contributed by atoms with E-state index in [1.165, 1.54) is 16.3 Å². The lowest BCUT2D eigenvalue weighted by Gasteiger charge is -2.32. The molecule has 22 heavy (non-hydrogen) atoms. The Labute approximate surface area is 129 Å². The number of carbonyl (C=O) groups excluding carboxylic acids is 2. The summed E-state index contributed by atoms with van der Waals surface area (Å²) in [5.74, 6) is 0.498. The highest BCUT2D eigenvalue weighted by molar-refractivity contribution is 6.00. The van der Waals surface area contributed by atoms with Crippen LogP contribution in [0.15, 0.2) is 54.1 Å². The lowest BCUT2D eigenvalue weighted by Crippen LogP contribution is -2.33. The van der Waals surface area contributed by atoms with Gasteiger partial charge in [-0.15, -0.1) is 0 Å². The molecule has 0 radical (unpaired) electrons. The number of benzene rings is 2. The molecule has 0 unspecified atom stereocenters. The molecule has 4 rings (SSSR count). The molecule has 1 fully saturated rings. The van der Waals surface area contributed by atoms with E-state index in [-0.39, 0.29) is 5.78 Å². The summed E-state index contributed by atoms with van der Waals surface area (Å²) in [6, 6.07) is 14.6. The Morgan fingerprint density at radius 1 is 0.909 bits per heavy atom. The van der Waals surface area contributed by atoms with E-state index in [0.717, 1.165) is 18.4 Å². The van der Waals surface area contributed by atoms with Gasteiger partial charge in [-0.25, -0.2) is 0 Å². The minimum Gasteiger partial charge on any atom is -0.299 e. The molecule has 110 valence electrons. The fraction of sp³-hybridized carbons (Fsp3) is 0.300. The van der Waals surface area contributed by atoms with Crippen molar-refractivity contribution in [3.8, 4) is 0 Å². The quantitative estimate of drug-likeness (QED) is 0.837. The van der Waals surface area contributed by atoms with E-state index in [1.54, 1.807) is 6.08 Å². The molecule has 0 heterocycles. The van der Waals surface area contributed by atoms with Crippen molar-refractivity contribution in [3.63, 3.8) is 0 Å². The highest BCUT2D eigenvalue weighted by atomic mass is 16.1. The normalized spacial score (nSPS) is 24.5. The summed E-state index contributed by atoms with van der Waals surface area (Å²) >= 11 is 0. The minimum absolute atomic E-state index is 0.179. The summed E-state index contributed by atoms with van der Waals surface area (Å²) in [4.78, 5) is 24.4. The second-order valence-electron chi connectivity index (χ2n) is 6.46. The third kappa shape index (κ3) is 1.94. The number of ketones is 2. The lowest BCUT2D eigenvalue weighted by molar-refractivity contribution is -0.125. The summed E-state index contributed by atoms with van der Waals surface area (Å²) in [5.41, 5.74) is 1.87. The number of allylic oxidation sites excluding steroid dienone is 2. The van der Waals surface area contributed by atoms with Crippen LogP contribution in [0.5, 0.6) is 0 Å². The number of rotatable bonds is 2. The fourth-order valence-corrected chi connectivity index (χ4v) is 4.09. The third-order valence-corrected chi connectivity index (χ3v) is 5.28. The van der Waals surface area contributed by atoms with Gasteiger partial charge in [0.1, 0.15) is 5.78 Å². The van der Waals surface area contributed by atoms with Gasteiger partial charge in [0, 0.05) is 12.8 Å². The first-order valence-electron chi connectivity index (χ1n) is 7.93. The molecule has 2 aliphatic carbocycles. The van der Waals surface area contributed by atoms with Gasteiger partial charge in [-0.1, -0.05) is 48.0 Å². The Morgan fingerprint density at radius 3 is 2.64 bits per heavy atom. The van der Waals surface area contributed by atoms with Crippen molar-refractivity contribution in [3.05, 3.63) is 59.7 Å². The van der Waals surface area contributed by atoms with Crippen molar-refractivity contribution in [2.75, 3.05) is 0 Å². The molecule has 0 N–H and O–H groups in total. The van der Waals surface area contributed by atoms with Crippen molar-refractivity contribution >= 4 is 22.3 Å². The Kier molecular flexibility index (Phi) is 3.00. The van der Waals surface area contributed by atoms with Crippen LogP contribution in [-0.2, 0) is 16.0 Å². The van der Waals surface area contributed by atoms with Gasteiger partial charge < -0.3 is 0 Å². The highest BCUT2D eigenvalue weighted by Crippen LogP contribution is 2.49. The Hall–Kier alpha value is -2.22. The van der Waals surface area contributed by atoms with Gasteiger partial charge in [-0.3, -0.25) is 9.59 Å². The number of Topliss-reactive ketones (excluding diaryl/α,β-unsaturated/α-hetero) is 1. The van der Waals surface area contributed by atoms with Gasteiger partial charge in [0.15, 0.2) is 5.78 Å². The first-order chi connectivity index (χ1) is 10.7. The van der Waals surface area contributed by atoms with Crippen LogP contribution in [0.25, 0.3) is 10.8 Å². The van der Waals surface area contributed by atoms with Crippen LogP contribution < -0.4 is 0 Å². The molecule has 0 spiro atoms. The number of carbonyl (C=O) groups is 2. The highest BCUT2D eigenvalue weighted by Gasteiger charge is 2.47. The molecule has 2 nitrogen and oxygen atoms in total. The summed E-state index contributed by atoms with van der Waals surface area (Å²) in [5, 5.41) is 2.43. The van der Waals surface area contributed by atoms with Crippen molar-refractivity contribution < 1.29 is 9.59 Å². The Morgan fingerprint density at radius 2 is 1.73 bits per heavy atom. The molecule has 2 aromatic rings. The van der Waals surface area contributed by atoms with Crippen LogP contribution in [0.4, 0.5) is 0 Å². The van der Waals surface area contributed by atoms with E-state index in [1.807, 2.05) is 12.1 Å². The van der Waals surface area contributed by atoms with Crippen LogP contribution in [-0.4, -0.2) is 11.6 Å². The van der Waals surface area contributed by atoms with Crippen LogP contribution in [0, 0.1) is 5.41 Å². The molecule has 0 amide bonds. The van der Waals surface area contributed by atoms with Gasteiger partial charge in [0.05, 0.1) is 5.41 Å². The molecule has 0 aliphatic heterocycles. The Bertz CT molecular complexity index is 810. The largest absolute Gasteiger partial charge is 0.299 e. The SMILES string of the molecule is O=C1C=C2CCC(=O)[C@@]2(Cc2cccc3ccccc23)CC1. The third-order valence-electron chi connectivity index (χ3n) is 5.28. The van der Waals surface area contributed by atoms with Crippen molar-refractivity contribution in [2.24, 2.45) is 5.41 Å². The van der Waals surface area contributed by atoms with E-state index in [4.69, 9.17) is 0 Å². The average molecular weight is 290 g/mol. The standard InChI is InChI=1S/C20H18O2/c21-17-10-11-20(16(12-17)8-9-19(20)22)13-15-6-3-5-14-4-1-2-7-18(14)15/h1-7,12H,8-11,13H2/t20-/m1/s1. The summed E-state index contributed by atoms with van der Waals surface area (Å²) < 4.78 is 0. The first kappa shape index (κ1) is 13.4. The molecule has 0 aromatic heterocycles. The van der Waals surface area contributed by atoms with Crippen LogP contribution in [0.3, 0.4) is 0 Å². The van der Waals surface area contributed by atoms with Gasteiger partial charge in [-0.05, 0) is 41.7 Å². The van der Waals surface area contributed by atoms with E-state index in [2.05, 4.69) is 30.3 Å². The summed E-state index contributed by atoms with van der Waals surface area (Å²) in [7, 11) is 0. The maximum atomic E-state index is 12.6. The summed E-state index contributed by atoms with van der Waals surface area (Å²) in [6.07, 6.45) is 5.00. The van der Waals surface area contributed by atoms with Crippen LogP contribution in [0.1, 0.15) is 31.2 Å². The predicted octanol–water partition coefficient (Wildman–Crippen LogP) is 4.02. The number of hydrogen-bond acceptors (Lipinski definition) is 2. The molecule has 2 aliphatic rings. The molecule has 0 bridgehead atoms. The van der Waals surface area contributed by atoms with E-state index >= 15 is 0 Å². The zero-order valence-corrected chi connectivity index (χ0v) is 12.5. The molecule has 0 saturated heterocycles. The van der Waals surface area contributed by atoms with Crippen molar-refractivity contribution in [1.29, 1.82) is 0 Å². The van der Waals surface area contributed by atoms with Crippen LogP contribution in [0.2, 0.25) is 0 Å². The van der Waals surface area contributed by atoms with Crippen LogP contribution >= 0.6 is 0 Å². The smallest absolute Gasteiger partial charge is 0.155 e. The molecule has 2 heteroatoms. The second kappa shape index (κ2) is 4.91. The number of hydrogen-bond donors (Lipinski definition) is 0. The topological polar surface area (TPSA) is 34.1 Å². The van der Waals surface area contributed by atoms with E-state index < -0.39 is 5.41 Å². The second-order valence-corrected chi connectivity index (χ2v) is 6.46. The van der Waals surface area contributed by atoms with Crippen molar-refractivity contribution in [1.82, 2.24) is 0 Å². The number of fused-ring (bicyclic) bond motifs is 2. The zero-order chi connectivity index (χ0) is 15.2. The van der Waals surface area contributed by atoms with E-state index in [9.17, 15) is 9.59 Å². The monoisotopic (exact) mass is 290 g/mol. The molecular weight excluding hydrogens is 272 g/mol. The Balaban J connectivity index is 1.82. The zero-order valence-electron chi connectivity index (χ0n) is 12.5. The molecule has 1 atom stereocenters. The molecule has 2 aromatic carbocycles. The lowest BCUT2D eigenvalue weighted by atomic mass is 9.69. The summed E-state index contributed by atoms with van der Waals surface area (Å²) in [6.45, 7) is 0. The minimum atomic E-state index is -0.419. The maximum Gasteiger partial charge on any atom is 0.155 e.